The molecule has 0 aliphatic carbocycles. The molecule has 1 atom stereocenters. The normalized spacial score (nSPS) is 16.4. The second-order valence-electron chi connectivity index (χ2n) is 7.62. The summed E-state index contributed by atoms with van der Waals surface area (Å²) in [5.41, 5.74) is 0.363. The zero-order valence-corrected chi connectivity index (χ0v) is 16.6. The lowest BCUT2D eigenvalue weighted by Crippen LogP contribution is -2.44. The Balaban J connectivity index is 1.85. The number of ketones is 1. The first-order valence-electron chi connectivity index (χ1n) is 9.14. The predicted octanol–water partition coefficient (Wildman–Crippen LogP) is 2.77. The van der Waals surface area contributed by atoms with Gasteiger partial charge >= 0.3 is 12.1 Å². The van der Waals surface area contributed by atoms with Crippen LogP contribution in [0.4, 0.5) is 10.5 Å². The average Bonchev–Trinajstić information content (AvgIpc) is 3.08. The second kappa shape index (κ2) is 8.86. The number of ether oxygens (including phenoxy) is 2. The minimum Gasteiger partial charge on any atom is -0.454 e. The molecule has 2 rings (SSSR count). The molecule has 1 saturated heterocycles. The van der Waals surface area contributed by atoms with Gasteiger partial charge in [0, 0.05) is 17.8 Å². The fourth-order valence-electron chi connectivity index (χ4n) is 2.77. The van der Waals surface area contributed by atoms with E-state index < -0.39 is 36.2 Å². The monoisotopic (exact) mass is 390 g/mol. The maximum Gasteiger partial charge on any atom is 0.411 e. The number of carbonyl (C=O) groups excluding carboxylic acids is 4. The number of Topliss-reactive ketones (excluding diaryl/α,β-unsaturated/α-hetero) is 1. The molecular weight excluding hydrogens is 364 g/mol. The summed E-state index contributed by atoms with van der Waals surface area (Å²) in [6.45, 7) is 6.65. The van der Waals surface area contributed by atoms with Crippen LogP contribution in [-0.4, -0.2) is 53.4 Å². The van der Waals surface area contributed by atoms with Crippen LogP contribution in [0.2, 0.25) is 0 Å². The summed E-state index contributed by atoms with van der Waals surface area (Å²) in [5, 5.41) is 2.59. The number of anilines is 1. The maximum absolute atomic E-state index is 12.3. The highest BCUT2D eigenvalue weighted by molar-refractivity contribution is 5.96. The van der Waals surface area contributed by atoms with Crippen LogP contribution in [0.1, 0.15) is 50.9 Å². The summed E-state index contributed by atoms with van der Waals surface area (Å²) >= 11 is 0. The molecular formula is C20H26N2O6. The first-order valence-corrected chi connectivity index (χ1v) is 9.14. The smallest absolute Gasteiger partial charge is 0.411 e. The standard InChI is InChI=1S/C20H26N2O6/c1-13(23)14-7-9-15(10-8-14)21-17(24)12-27-18(25)16-6-5-11-22(16)19(26)28-20(2,3)4/h7-10,16H,5-6,11-12H2,1-4H3,(H,21,24)/t16-/m0/s1. The third kappa shape index (κ3) is 6.07. The summed E-state index contributed by atoms with van der Waals surface area (Å²) in [5.74, 6) is -1.21. The minimum absolute atomic E-state index is 0.0714. The van der Waals surface area contributed by atoms with E-state index in [1.54, 1.807) is 45.0 Å². The number of carbonyl (C=O) groups is 4. The Hall–Kier alpha value is -2.90. The van der Waals surface area contributed by atoms with Gasteiger partial charge in [0.05, 0.1) is 0 Å². The molecule has 1 N–H and O–H groups in total. The molecule has 0 bridgehead atoms. The van der Waals surface area contributed by atoms with Crippen molar-refractivity contribution in [3.05, 3.63) is 29.8 Å². The fraction of sp³-hybridized carbons (Fsp3) is 0.500. The Morgan fingerprint density at radius 2 is 1.79 bits per heavy atom. The molecule has 0 radical (unpaired) electrons. The molecule has 0 spiro atoms. The van der Waals surface area contributed by atoms with E-state index in [9.17, 15) is 19.2 Å². The van der Waals surface area contributed by atoms with Crippen molar-refractivity contribution in [1.82, 2.24) is 4.90 Å². The van der Waals surface area contributed by atoms with E-state index >= 15 is 0 Å². The van der Waals surface area contributed by atoms with Gasteiger partial charge in [-0.25, -0.2) is 9.59 Å². The van der Waals surface area contributed by atoms with E-state index in [2.05, 4.69) is 5.32 Å². The molecule has 0 saturated carbocycles. The molecule has 8 heteroatoms. The minimum atomic E-state index is -0.752. The van der Waals surface area contributed by atoms with E-state index in [4.69, 9.17) is 9.47 Å². The molecule has 152 valence electrons. The van der Waals surface area contributed by atoms with Crippen LogP contribution in [0.25, 0.3) is 0 Å². The summed E-state index contributed by atoms with van der Waals surface area (Å²) in [7, 11) is 0. The van der Waals surface area contributed by atoms with Crippen LogP contribution >= 0.6 is 0 Å². The first kappa shape index (κ1) is 21.4. The van der Waals surface area contributed by atoms with Crippen LogP contribution < -0.4 is 5.32 Å². The number of benzene rings is 1. The number of hydrogen-bond donors (Lipinski definition) is 1. The topological polar surface area (TPSA) is 102 Å². The Labute approximate surface area is 164 Å². The Morgan fingerprint density at radius 1 is 1.14 bits per heavy atom. The predicted molar refractivity (Wildman–Crippen MR) is 102 cm³/mol. The van der Waals surface area contributed by atoms with Gasteiger partial charge in [0.15, 0.2) is 12.4 Å². The van der Waals surface area contributed by atoms with Crippen molar-refractivity contribution in [1.29, 1.82) is 0 Å². The summed E-state index contributed by atoms with van der Waals surface area (Å²) in [6, 6.07) is 5.63. The number of hydrogen-bond acceptors (Lipinski definition) is 6. The number of rotatable bonds is 5. The van der Waals surface area contributed by atoms with Crippen molar-refractivity contribution in [2.75, 3.05) is 18.5 Å². The van der Waals surface area contributed by atoms with Crippen LogP contribution in [0.3, 0.4) is 0 Å². The summed E-state index contributed by atoms with van der Waals surface area (Å²) in [4.78, 5) is 49.1. The molecule has 1 heterocycles. The largest absolute Gasteiger partial charge is 0.454 e. The van der Waals surface area contributed by atoms with Gasteiger partial charge in [-0.1, -0.05) is 0 Å². The highest BCUT2D eigenvalue weighted by Gasteiger charge is 2.37. The number of likely N-dealkylation sites (tertiary alicyclic amines) is 1. The van der Waals surface area contributed by atoms with Gasteiger partial charge in [0.1, 0.15) is 11.6 Å². The van der Waals surface area contributed by atoms with Crippen LogP contribution in [0.5, 0.6) is 0 Å². The molecule has 8 nitrogen and oxygen atoms in total. The van der Waals surface area contributed by atoms with Crippen LogP contribution in [0.15, 0.2) is 24.3 Å². The van der Waals surface area contributed by atoms with Gasteiger partial charge in [-0.15, -0.1) is 0 Å². The van der Waals surface area contributed by atoms with Crippen molar-refractivity contribution in [2.45, 2.75) is 52.2 Å². The Bertz CT molecular complexity index is 751. The molecule has 1 fully saturated rings. The van der Waals surface area contributed by atoms with E-state index in [1.807, 2.05) is 0 Å². The lowest BCUT2D eigenvalue weighted by Gasteiger charge is -2.27. The van der Waals surface area contributed by atoms with E-state index in [0.29, 0.717) is 30.6 Å². The maximum atomic E-state index is 12.3. The third-order valence-electron chi connectivity index (χ3n) is 4.07. The molecule has 0 unspecified atom stereocenters. The molecule has 1 aromatic rings. The van der Waals surface area contributed by atoms with Crippen LogP contribution in [-0.2, 0) is 19.1 Å². The number of nitrogens with zero attached hydrogens (tertiary/aromatic N) is 1. The van der Waals surface area contributed by atoms with E-state index in [1.165, 1.54) is 11.8 Å². The quantitative estimate of drug-likeness (QED) is 0.613. The Kier molecular flexibility index (Phi) is 6.77. The SMILES string of the molecule is CC(=O)c1ccc(NC(=O)COC(=O)[C@@H]2CCCN2C(=O)OC(C)(C)C)cc1. The van der Waals surface area contributed by atoms with E-state index in [0.717, 1.165) is 0 Å². The van der Waals surface area contributed by atoms with Crippen molar-refractivity contribution in [2.24, 2.45) is 0 Å². The Morgan fingerprint density at radius 3 is 2.36 bits per heavy atom. The van der Waals surface area contributed by atoms with E-state index in [-0.39, 0.29) is 5.78 Å². The number of esters is 1. The molecule has 2 amide bonds. The zero-order valence-electron chi connectivity index (χ0n) is 16.6. The van der Waals surface area contributed by atoms with Crippen molar-refractivity contribution in [3.63, 3.8) is 0 Å². The summed E-state index contributed by atoms with van der Waals surface area (Å²) in [6.07, 6.45) is 0.557. The average molecular weight is 390 g/mol. The first-order chi connectivity index (χ1) is 13.1. The van der Waals surface area contributed by atoms with Crippen molar-refractivity contribution < 1.29 is 28.7 Å². The summed E-state index contributed by atoms with van der Waals surface area (Å²) < 4.78 is 10.4. The molecule has 0 aromatic heterocycles. The van der Waals surface area contributed by atoms with Gasteiger partial charge < -0.3 is 14.8 Å². The highest BCUT2D eigenvalue weighted by atomic mass is 16.6. The van der Waals surface area contributed by atoms with Crippen molar-refractivity contribution >= 4 is 29.4 Å². The molecule has 1 aliphatic heterocycles. The number of nitrogens with one attached hydrogen (secondary N) is 1. The zero-order chi connectivity index (χ0) is 20.9. The molecule has 28 heavy (non-hydrogen) atoms. The van der Waals surface area contributed by atoms with Crippen LogP contribution in [0, 0.1) is 0 Å². The lowest BCUT2D eigenvalue weighted by atomic mass is 10.1. The molecule has 1 aliphatic rings. The van der Waals surface area contributed by atoms with Gasteiger partial charge in [-0.3, -0.25) is 14.5 Å². The fourth-order valence-corrected chi connectivity index (χ4v) is 2.77. The highest BCUT2D eigenvalue weighted by Crippen LogP contribution is 2.22. The molecule has 1 aromatic carbocycles. The van der Waals surface area contributed by atoms with Gasteiger partial charge in [0.2, 0.25) is 0 Å². The van der Waals surface area contributed by atoms with Gasteiger partial charge in [-0.2, -0.15) is 0 Å². The van der Waals surface area contributed by atoms with Crippen molar-refractivity contribution in [3.8, 4) is 0 Å². The number of amides is 2. The third-order valence-corrected chi connectivity index (χ3v) is 4.07. The second-order valence-corrected chi connectivity index (χ2v) is 7.62. The van der Waals surface area contributed by atoms with Gasteiger partial charge in [-0.05, 0) is 64.8 Å². The van der Waals surface area contributed by atoms with Gasteiger partial charge in [0.25, 0.3) is 5.91 Å². The lowest BCUT2D eigenvalue weighted by molar-refractivity contribution is -0.151.